The maximum absolute atomic E-state index is 12.5. The van der Waals surface area contributed by atoms with Gasteiger partial charge in [-0.15, -0.1) is 0 Å². The Balaban J connectivity index is 1.69. The minimum Gasteiger partial charge on any atom is -0.335 e. The number of anilines is 1. The lowest BCUT2D eigenvalue weighted by Gasteiger charge is -2.34. The van der Waals surface area contributed by atoms with Crippen molar-refractivity contribution in [2.24, 2.45) is 5.84 Å². The predicted octanol–water partition coefficient (Wildman–Crippen LogP) is 0.941. The van der Waals surface area contributed by atoms with Crippen LogP contribution in [0.5, 0.6) is 0 Å². The Morgan fingerprint density at radius 1 is 1.30 bits per heavy atom. The fourth-order valence-electron chi connectivity index (χ4n) is 2.55. The van der Waals surface area contributed by atoms with Gasteiger partial charge in [0, 0.05) is 32.2 Å². The smallest absolute Gasteiger partial charge is 0.274 e. The van der Waals surface area contributed by atoms with Crippen LogP contribution >= 0.6 is 11.6 Å². The van der Waals surface area contributed by atoms with Crippen LogP contribution in [0, 0.1) is 0 Å². The van der Waals surface area contributed by atoms with Crippen LogP contribution in [-0.4, -0.2) is 52.9 Å². The molecule has 1 saturated carbocycles. The van der Waals surface area contributed by atoms with Crippen LogP contribution in [0.2, 0.25) is 5.02 Å². The molecule has 2 aliphatic rings. The molecule has 20 heavy (non-hydrogen) atoms. The summed E-state index contributed by atoms with van der Waals surface area (Å²) in [6.07, 6.45) is 2.59. The number of nitrogens with one attached hydrogen (secondary N) is 1. The number of rotatable bonds is 3. The molecule has 7 heteroatoms. The second-order valence-electron chi connectivity index (χ2n) is 5.23. The highest BCUT2D eigenvalue weighted by Crippen LogP contribution is 2.28. The lowest BCUT2D eigenvalue weighted by Crippen LogP contribution is -2.49. The van der Waals surface area contributed by atoms with Crippen molar-refractivity contribution in [3.63, 3.8) is 0 Å². The lowest BCUT2D eigenvalue weighted by atomic mass is 10.2. The third-order valence-corrected chi connectivity index (χ3v) is 4.17. The third-order valence-electron chi connectivity index (χ3n) is 3.86. The van der Waals surface area contributed by atoms with Crippen LogP contribution in [0.1, 0.15) is 23.3 Å². The van der Waals surface area contributed by atoms with Crippen molar-refractivity contribution in [2.45, 2.75) is 18.9 Å². The van der Waals surface area contributed by atoms with Gasteiger partial charge in [0.25, 0.3) is 5.91 Å². The number of nitrogens with two attached hydrogens (primary N) is 1. The van der Waals surface area contributed by atoms with E-state index in [4.69, 9.17) is 17.4 Å². The quantitative estimate of drug-likeness (QED) is 0.641. The SMILES string of the molecule is NNc1ccc(Cl)c(C(=O)N2CCN(C3CC3)CC2)n1. The van der Waals surface area contributed by atoms with Crippen LogP contribution in [0.15, 0.2) is 12.1 Å². The first-order chi connectivity index (χ1) is 9.69. The lowest BCUT2D eigenvalue weighted by molar-refractivity contribution is 0.0622. The van der Waals surface area contributed by atoms with Gasteiger partial charge < -0.3 is 10.3 Å². The number of piperazine rings is 1. The van der Waals surface area contributed by atoms with Crippen molar-refractivity contribution in [3.05, 3.63) is 22.8 Å². The number of aromatic nitrogens is 1. The molecule has 6 nitrogen and oxygen atoms in total. The zero-order chi connectivity index (χ0) is 14.1. The Kier molecular flexibility index (Phi) is 3.78. The summed E-state index contributed by atoms with van der Waals surface area (Å²) in [7, 11) is 0. The highest BCUT2D eigenvalue weighted by Gasteiger charge is 2.33. The number of carbonyl (C=O) groups is 1. The molecule has 108 valence electrons. The molecule has 0 aromatic carbocycles. The van der Waals surface area contributed by atoms with Crippen LogP contribution in [0.3, 0.4) is 0 Å². The van der Waals surface area contributed by atoms with E-state index >= 15 is 0 Å². The molecule has 2 fully saturated rings. The number of pyridine rings is 1. The largest absolute Gasteiger partial charge is 0.335 e. The van der Waals surface area contributed by atoms with Gasteiger partial charge in [0.2, 0.25) is 0 Å². The van der Waals surface area contributed by atoms with Crippen LogP contribution in [-0.2, 0) is 0 Å². The first kappa shape index (κ1) is 13.6. The first-order valence-corrected chi connectivity index (χ1v) is 7.23. The van der Waals surface area contributed by atoms with E-state index in [1.807, 2.05) is 4.90 Å². The second kappa shape index (κ2) is 5.55. The van der Waals surface area contributed by atoms with Gasteiger partial charge in [-0.3, -0.25) is 9.69 Å². The monoisotopic (exact) mass is 295 g/mol. The Morgan fingerprint density at radius 3 is 2.60 bits per heavy atom. The molecule has 0 unspecified atom stereocenters. The number of hydrogen-bond acceptors (Lipinski definition) is 5. The summed E-state index contributed by atoms with van der Waals surface area (Å²) in [4.78, 5) is 20.9. The summed E-state index contributed by atoms with van der Waals surface area (Å²) in [5, 5.41) is 0.360. The van der Waals surface area contributed by atoms with Gasteiger partial charge in [0.1, 0.15) is 11.5 Å². The fraction of sp³-hybridized carbons (Fsp3) is 0.538. The van der Waals surface area contributed by atoms with Crippen molar-refractivity contribution < 1.29 is 4.79 Å². The molecule has 2 heterocycles. The Hall–Kier alpha value is -1.37. The number of hydrogen-bond donors (Lipinski definition) is 2. The summed E-state index contributed by atoms with van der Waals surface area (Å²) in [5.74, 6) is 5.64. The highest BCUT2D eigenvalue weighted by atomic mass is 35.5. The van der Waals surface area contributed by atoms with E-state index in [1.165, 1.54) is 12.8 Å². The topological polar surface area (TPSA) is 74.5 Å². The molecule has 0 radical (unpaired) electrons. The van der Waals surface area contributed by atoms with Crippen LogP contribution in [0.25, 0.3) is 0 Å². The molecule has 0 spiro atoms. The standard InChI is InChI=1S/C13H18ClN5O/c14-10-3-4-11(17-15)16-12(10)13(20)19-7-5-18(6-8-19)9-1-2-9/h3-4,9H,1-2,5-8,15H2,(H,16,17). The predicted molar refractivity (Wildman–Crippen MR) is 77.6 cm³/mol. The maximum Gasteiger partial charge on any atom is 0.274 e. The molecule has 1 aliphatic heterocycles. The minimum atomic E-state index is -0.123. The molecule has 1 aromatic heterocycles. The Labute approximate surface area is 122 Å². The van der Waals surface area contributed by atoms with Crippen LogP contribution in [0.4, 0.5) is 5.82 Å². The third kappa shape index (κ3) is 2.72. The molecule has 3 N–H and O–H groups in total. The van der Waals surface area contributed by atoms with Gasteiger partial charge in [-0.1, -0.05) is 11.6 Å². The van der Waals surface area contributed by atoms with Crippen LogP contribution < -0.4 is 11.3 Å². The van der Waals surface area contributed by atoms with Gasteiger partial charge in [-0.25, -0.2) is 10.8 Å². The van der Waals surface area contributed by atoms with E-state index in [0.29, 0.717) is 10.8 Å². The van der Waals surface area contributed by atoms with Crippen molar-refractivity contribution in [2.75, 3.05) is 31.6 Å². The summed E-state index contributed by atoms with van der Waals surface area (Å²) >= 11 is 6.07. The number of halogens is 1. The van der Waals surface area contributed by atoms with Crippen molar-refractivity contribution in [1.82, 2.24) is 14.8 Å². The molecular formula is C13H18ClN5O. The fourth-order valence-corrected chi connectivity index (χ4v) is 2.74. The number of carbonyl (C=O) groups excluding carboxylic acids is 1. The molecule has 1 aromatic rings. The van der Waals surface area contributed by atoms with Gasteiger partial charge in [0.05, 0.1) is 5.02 Å². The number of hydrazine groups is 1. The highest BCUT2D eigenvalue weighted by molar-refractivity contribution is 6.33. The van der Waals surface area contributed by atoms with Crippen molar-refractivity contribution in [3.8, 4) is 0 Å². The summed E-state index contributed by atoms with van der Waals surface area (Å²) < 4.78 is 0. The van der Waals surface area contributed by atoms with E-state index in [0.717, 1.165) is 32.2 Å². The zero-order valence-corrected chi connectivity index (χ0v) is 11.9. The van der Waals surface area contributed by atoms with Crippen molar-refractivity contribution in [1.29, 1.82) is 0 Å². The molecule has 1 amide bonds. The summed E-state index contributed by atoms with van der Waals surface area (Å²) in [5.41, 5.74) is 2.70. The molecule has 0 atom stereocenters. The Bertz CT molecular complexity index is 511. The molecule has 0 bridgehead atoms. The molecule has 1 saturated heterocycles. The van der Waals surface area contributed by atoms with Gasteiger partial charge in [-0.2, -0.15) is 0 Å². The molecule has 3 rings (SSSR count). The summed E-state index contributed by atoms with van der Waals surface area (Å²) in [6.45, 7) is 3.33. The average molecular weight is 296 g/mol. The maximum atomic E-state index is 12.5. The minimum absolute atomic E-state index is 0.123. The Morgan fingerprint density at radius 2 is 2.00 bits per heavy atom. The normalized spacial score (nSPS) is 20.0. The van der Waals surface area contributed by atoms with Crippen molar-refractivity contribution >= 4 is 23.3 Å². The van der Waals surface area contributed by atoms with E-state index < -0.39 is 0 Å². The van der Waals surface area contributed by atoms with E-state index in [2.05, 4.69) is 15.3 Å². The summed E-state index contributed by atoms with van der Waals surface area (Å²) in [6, 6.07) is 4.03. The van der Waals surface area contributed by atoms with E-state index in [9.17, 15) is 4.79 Å². The number of nitrogens with zero attached hydrogens (tertiary/aromatic N) is 3. The molecule has 1 aliphatic carbocycles. The van der Waals surface area contributed by atoms with Gasteiger partial charge in [-0.05, 0) is 25.0 Å². The number of amides is 1. The van der Waals surface area contributed by atoms with Gasteiger partial charge in [0.15, 0.2) is 0 Å². The zero-order valence-electron chi connectivity index (χ0n) is 11.2. The molecular weight excluding hydrogens is 278 g/mol. The average Bonchev–Trinajstić information content (AvgIpc) is 3.32. The second-order valence-corrected chi connectivity index (χ2v) is 5.64. The van der Waals surface area contributed by atoms with Gasteiger partial charge >= 0.3 is 0 Å². The van der Waals surface area contributed by atoms with E-state index in [1.54, 1.807) is 12.1 Å². The van der Waals surface area contributed by atoms with E-state index in [-0.39, 0.29) is 11.6 Å². The number of nitrogen functional groups attached to an aromatic ring is 1. The first-order valence-electron chi connectivity index (χ1n) is 6.85.